The molecule has 0 saturated carbocycles. The lowest BCUT2D eigenvalue weighted by molar-refractivity contribution is 0.249. The van der Waals surface area contributed by atoms with E-state index in [2.05, 4.69) is 35.7 Å². The van der Waals surface area contributed by atoms with Gasteiger partial charge in [-0.3, -0.25) is 0 Å². The monoisotopic (exact) mass is 339 g/mol. The lowest BCUT2D eigenvalue weighted by Crippen LogP contribution is -2.38. The molecule has 1 aromatic rings. The minimum Gasteiger partial charge on any atom is -0.368 e. The zero-order valence-corrected chi connectivity index (χ0v) is 13.3. The van der Waals surface area contributed by atoms with Crippen LogP contribution < -0.4 is 10.6 Å². The molecule has 0 amide bonds. The van der Waals surface area contributed by atoms with Gasteiger partial charge in [-0.2, -0.15) is 4.98 Å². The summed E-state index contributed by atoms with van der Waals surface area (Å²) in [6.45, 7) is 6.00. The lowest BCUT2D eigenvalue weighted by atomic mass is 9.96. The van der Waals surface area contributed by atoms with Crippen LogP contribution in [0, 0.1) is 5.92 Å². The molecule has 1 aromatic heterocycles. The van der Waals surface area contributed by atoms with Gasteiger partial charge in [0, 0.05) is 25.8 Å². The molecule has 2 aliphatic rings. The van der Waals surface area contributed by atoms with Gasteiger partial charge in [-0.15, -0.1) is 0 Å². The third-order valence-corrected chi connectivity index (χ3v) is 4.93. The Morgan fingerprint density at radius 1 is 1.20 bits per heavy atom. The second kappa shape index (κ2) is 6.26. The van der Waals surface area contributed by atoms with Crippen molar-refractivity contribution in [1.29, 1.82) is 0 Å². The minimum atomic E-state index is 0.349. The predicted octanol–water partition coefficient (Wildman–Crippen LogP) is 2.13. The van der Waals surface area contributed by atoms with Gasteiger partial charge in [0.1, 0.15) is 5.82 Å². The number of nitrogens with zero attached hydrogens (tertiary/aromatic N) is 4. The SMILES string of the molecule is Nc1ncc(Br)c(N2CCC(CN3CCCC3)CC2)n1. The number of rotatable bonds is 3. The third-order valence-electron chi connectivity index (χ3n) is 4.37. The maximum atomic E-state index is 5.69. The summed E-state index contributed by atoms with van der Waals surface area (Å²) in [6.07, 6.45) is 6.99. The van der Waals surface area contributed by atoms with Crippen LogP contribution in [0.1, 0.15) is 25.7 Å². The van der Waals surface area contributed by atoms with E-state index in [0.717, 1.165) is 29.3 Å². The lowest BCUT2D eigenvalue weighted by Gasteiger charge is -2.34. The van der Waals surface area contributed by atoms with Gasteiger partial charge in [-0.25, -0.2) is 4.98 Å². The van der Waals surface area contributed by atoms with Gasteiger partial charge in [0.2, 0.25) is 5.95 Å². The van der Waals surface area contributed by atoms with Gasteiger partial charge < -0.3 is 15.5 Å². The van der Waals surface area contributed by atoms with Crippen LogP contribution in [0.4, 0.5) is 11.8 Å². The van der Waals surface area contributed by atoms with Gasteiger partial charge in [-0.1, -0.05) is 0 Å². The number of nitrogen functional groups attached to an aromatic ring is 1. The molecule has 0 aliphatic carbocycles. The van der Waals surface area contributed by atoms with Crippen molar-refractivity contribution in [2.45, 2.75) is 25.7 Å². The summed E-state index contributed by atoms with van der Waals surface area (Å²) in [7, 11) is 0. The normalized spacial score (nSPS) is 21.6. The first kappa shape index (κ1) is 14.1. The average molecular weight is 340 g/mol. The summed E-state index contributed by atoms with van der Waals surface area (Å²) >= 11 is 3.52. The highest BCUT2D eigenvalue weighted by Crippen LogP contribution is 2.28. The number of hydrogen-bond donors (Lipinski definition) is 1. The number of piperidine rings is 1. The van der Waals surface area contributed by atoms with Crippen molar-refractivity contribution in [2.24, 2.45) is 5.92 Å². The third kappa shape index (κ3) is 3.23. The van der Waals surface area contributed by atoms with Gasteiger partial charge in [0.15, 0.2) is 0 Å². The van der Waals surface area contributed by atoms with Crippen LogP contribution in [0.25, 0.3) is 0 Å². The quantitative estimate of drug-likeness (QED) is 0.914. The van der Waals surface area contributed by atoms with Gasteiger partial charge in [0.25, 0.3) is 0 Å². The molecule has 0 radical (unpaired) electrons. The molecule has 6 heteroatoms. The second-order valence-electron chi connectivity index (χ2n) is 5.84. The highest BCUT2D eigenvalue weighted by molar-refractivity contribution is 9.10. The number of nitrogens with two attached hydrogens (primary N) is 1. The molecular weight excluding hydrogens is 318 g/mol. The summed E-state index contributed by atoms with van der Waals surface area (Å²) in [6, 6.07) is 0. The number of anilines is 2. The highest BCUT2D eigenvalue weighted by Gasteiger charge is 2.24. The Kier molecular flexibility index (Phi) is 4.41. The Bertz CT molecular complexity index is 453. The molecule has 2 saturated heterocycles. The van der Waals surface area contributed by atoms with Crippen molar-refractivity contribution in [1.82, 2.24) is 14.9 Å². The van der Waals surface area contributed by atoms with E-state index in [0.29, 0.717) is 5.95 Å². The highest BCUT2D eigenvalue weighted by atomic mass is 79.9. The number of likely N-dealkylation sites (tertiary alicyclic amines) is 1. The molecule has 3 rings (SSSR count). The van der Waals surface area contributed by atoms with Crippen LogP contribution in [0.5, 0.6) is 0 Å². The Morgan fingerprint density at radius 3 is 2.60 bits per heavy atom. The summed E-state index contributed by atoms with van der Waals surface area (Å²) < 4.78 is 0.935. The maximum absolute atomic E-state index is 5.69. The molecule has 2 N–H and O–H groups in total. The van der Waals surface area contributed by atoms with Crippen molar-refractivity contribution >= 4 is 27.7 Å². The van der Waals surface area contributed by atoms with Crippen molar-refractivity contribution in [2.75, 3.05) is 43.4 Å². The van der Waals surface area contributed by atoms with Crippen LogP contribution in [-0.2, 0) is 0 Å². The fourth-order valence-electron chi connectivity index (χ4n) is 3.25. The molecule has 5 nitrogen and oxygen atoms in total. The molecule has 2 aliphatic heterocycles. The Labute approximate surface area is 128 Å². The van der Waals surface area contributed by atoms with E-state index in [1.807, 2.05) is 0 Å². The molecule has 20 heavy (non-hydrogen) atoms. The number of hydrogen-bond acceptors (Lipinski definition) is 5. The Balaban J connectivity index is 1.56. The molecule has 110 valence electrons. The fraction of sp³-hybridized carbons (Fsp3) is 0.714. The van der Waals surface area contributed by atoms with Gasteiger partial charge in [0.05, 0.1) is 4.47 Å². The molecule has 2 fully saturated rings. The summed E-state index contributed by atoms with van der Waals surface area (Å²) in [4.78, 5) is 13.3. The minimum absolute atomic E-state index is 0.349. The second-order valence-corrected chi connectivity index (χ2v) is 6.69. The van der Waals surface area contributed by atoms with Crippen molar-refractivity contribution in [3.8, 4) is 0 Å². The van der Waals surface area contributed by atoms with E-state index >= 15 is 0 Å². The van der Waals surface area contributed by atoms with E-state index in [4.69, 9.17) is 5.73 Å². The first-order valence-electron chi connectivity index (χ1n) is 7.47. The first-order valence-corrected chi connectivity index (χ1v) is 8.27. The zero-order valence-electron chi connectivity index (χ0n) is 11.8. The maximum Gasteiger partial charge on any atom is 0.222 e. The molecule has 0 spiro atoms. The molecule has 3 heterocycles. The van der Waals surface area contributed by atoms with Crippen LogP contribution >= 0.6 is 15.9 Å². The van der Waals surface area contributed by atoms with E-state index in [1.54, 1.807) is 6.20 Å². The molecular formula is C14H22BrN5. The Morgan fingerprint density at radius 2 is 1.90 bits per heavy atom. The molecule has 0 bridgehead atoms. The van der Waals surface area contributed by atoms with Crippen LogP contribution in [0.15, 0.2) is 10.7 Å². The summed E-state index contributed by atoms with van der Waals surface area (Å²) in [5, 5.41) is 0. The topological polar surface area (TPSA) is 58.3 Å². The average Bonchev–Trinajstić information content (AvgIpc) is 2.95. The summed E-state index contributed by atoms with van der Waals surface area (Å²) in [5.74, 6) is 2.13. The van der Waals surface area contributed by atoms with Gasteiger partial charge in [-0.05, 0) is 60.6 Å². The molecule has 0 unspecified atom stereocenters. The van der Waals surface area contributed by atoms with Crippen LogP contribution in [0.3, 0.4) is 0 Å². The van der Waals surface area contributed by atoms with Crippen LogP contribution in [-0.4, -0.2) is 47.6 Å². The smallest absolute Gasteiger partial charge is 0.222 e. The van der Waals surface area contributed by atoms with Crippen molar-refractivity contribution in [3.05, 3.63) is 10.7 Å². The predicted molar refractivity (Wildman–Crippen MR) is 84.8 cm³/mol. The number of halogens is 1. The van der Waals surface area contributed by atoms with Crippen molar-refractivity contribution in [3.63, 3.8) is 0 Å². The van der Waals surface area contributed by atoms with Gasteiger partial charge >= 0.3 is 0 Å². The van der Waals surface area contributed by atoms with E-state index < -0.39 is 0 Å². The van der Waals surface area contributed by atoms with Crippen LogP contribution in [0.2, 0.25) is 0 Å². The van der Waals surface area contributed by atoms with Crippen molar-refractivity contribution < 1.29 is 0 Å². The van der Waals surface area contributed by atoms with E-state index in [1.165, 1.54) is 45.3 Å². The Hall–Kier alpha value is -0.880. The van der Waals surface area contributed by atoms with E-state index in [-0.39, 0.29) is 0 Å². The molecule has 0 aromatic carbocycles. The first-order chi connectivity index (χ1) is 9.72. The summed E-state index contributed by atoms with van der Waals surface area (Å²) in [5.41, 5.74) is 5.69. The largest absolute Gasteiger partial charge is 0.368 e. The van der Waals surface area contributed by atoms with E-state index in [9.17, 15) is 0 Å². The zero-order chi connectivity index (χ0) is 13.9. The standard InChI is InChI=1S/C14H22BrN5/c15-12-9-17-14(16)18-13(12)20-7-3-11(4-8-20)10-19-5-1-2-6-19/h9,11H,1-8,10H2,(H2,16,17,18). The fourth-order valence-corrected chi connectivity index (χ4v) is 3.69. The number of aromatic nitrogens is 2. The molecule has 0 atom stereocenters.